The zero-order valence-corrected chi connectivity index (χ0v) is 17.9. The summed E-state index contributed by atoms with van der Waals surface area (Å²) in [5, 5.41) is 5.55. The molecule has 2 amide bonds. The maximum Gasteiger partial charge on any atom is 0.223 e. The van der Waals surface area contributed by atoms with Gasteiger partial charge in [0.1, 0.15) is 0 Å². The molecule has 1 unspecified atom stereocenters. The van der Waals surface area contributed by atoms with Crippen molar-refractivity contribution < 1.29 is 9.59 Å². The van der Waals surface area contributed by atoms with Crippen LogP contribution in [0.3, 0.4) is 0 Å². The van der Waals surface area contributed by atoms with Crippen LogP contribution >= 0.6 is 11.6 Å². The van der Waals surface area contributed by atoms with E-state index in [1.165, 1.54) is 0 Å². The highest BCUT2D eigenvalue weighted by Crippen LogP contribution is 2.26. The zero-order valence-electron chi connectivity index (χ0n) is 17.1. The first-order chi connectivity index (χ1) is 11.4. The van der Waals surface area contributed by atoms with Crippen molar-refractivity contribution in [2.45, 2.75) is 80.1 Å². The van der Waals surface area contributed by atoms with E-state index in [2.05, 4.69) is 52.2 Å². The fourth-order valence-corrected chi connectivity index (χ4v) is 2.94. The average molecular weight is 375 g/mol. The van der Waals surface area contributed by atoms with E-state index in [0.29, 0.717) is 16.7 Å². The predicted octanol–water partition coefficient (Wildman–Crippen LogP) is 4.51. The van der Waals surface area contributed by atoms with Crippen LogP contribution < -0.4 is 10.6 Å². The van der Waals surface area contributed by atoms with E-state index in [4.69, 9.17) is 11.6 Å². The van der Waals surface area contributed by atoms with Crippen molar-refractivity contribution >= 4 is 23.4 Å². The van der Waals surface area contributed by atoms with Gasteiger partial charge in [0.15, 0.2) is 0 Å². The fraction of sp³-hybridized carbons (Fsp3) is 0.900. The minimum Gasteiger partial charge on any atom is -0.356 e. The molecule has 0 aromatic rings. The molecular weight excluding hydrogens is 336 g/mol. The Balaban J connectivity index is 0.000000377. The van der Waals surface area contributed by atoms with Crippen molar-refractivity contribution in [3.05, 3.63) is 0 Å². The lowest BCUT2D eigenvalue weighted by atomic mass is 9.86. The Morgan fingerprint density at radius 2 is 1.56 bits per heavy atom. The molecule has 148 valence electrons. The average Bonchev–Trinajstić information content (AvgIpc) is 3.07. The van der Waals surface area contributed by atoms with Gasteiger partial charge in [0.25, 0.3) is 0 Å². The van der Waals surface area contributed by atoms with Gasteiger partial charge in [-0.15, -0.1) is 11.6 Å². The third kappa shape index (κ3) is 15.2. The normalized spacial score (nSPS) is 20.0. The Morgan fingerprint density at radius 3 is 1.80 bits per heavy atom. The van der Waals surface area contributed by atoms with Gasteiger partial charge in [-0.3, -0.25) is 9.59 Å². The smallest absolute Gasteiger partial charge is 0.223 e. The van der Waals surface area contributed by atoms with Crippen LogP contribution in [0.1, 0.15) is 80.1 Å². The summed E-state index contributed by atoms with van der Waals surface area (Å²) in [4.78, 5) is 21.3. The van der Waals surface area contributed by atoms with Crippen molar-refractivity contribution in [1.82, 2.24) is 10.6 Å². The Hall–Kier alpha value is -0.770. The number of rotatable bonds is 3. The zero-order chi connectivity index (χ0) is 19.5. The number of carbonyl (C=O) groups excluding carboxylic acids is 2. The summed E-state index contributed by atoms with van der Waals surface area (Å²) in [5.74, 6) is 1.54. The number of alkyl halides is 1. The molecule has 25 heavy (non-hydrogen) atoms. The molecule has 0 aromatic carbocycles. The highest BCUT2D eigenvalue weighted by atomic mass is 35.5. The SMILES string of the molecule is CC(C)(C)CCC1CCNC1=O.CC(C)(C)CCCl.O=C1CCCN1. The van der Waals surface area contributed by atoms with Gasteiger partial charge in [0.05, 0.1) is 0 Å². The molecule has 2 rings (SSSR count). The first-order valence-electron chi connectivity index (χ1n) is 9.55. The lowest BCUT2D eigenvalue weighted by molar-refractivity contribution is -0.122. The molecule has 0 aliphatic carbocycles. The third-order valence-electron chi connectivity index (χ3n) is 4.15. The van der Waals surface area contributed by atoms with Gasteiger partial charge in [0.2, 0.25) is 11.8 Å². The third-order valence-corrected chi connectivity index (χ3v) is 4.34. The highest BCUT2D eigenvalue weighted by Gasteiger charge is 2.25. The summed E-state index contributed by atoms with van der Waals surface area (Å²) >= 11 is 5.49. The highest BCUT2D eigenvalue weighted by molar-refractivity contribution is 6.17. The minimum atomic E-state index is 0.204. The number of carbonyl (C=O) groups is 2. The lowest BCUT2D eigenvalue weighted by Crippen LogP contribution is -2.20. The van der Waals surface area contributed by atoms with Gasteiger partial charge in [0, 0.05) is 31.3 Å². The number of amides is 2. The molecular formula is C20H39ClN2O2. The maximum atomic E-state index is 11.2. The first kappa shape index (κ1) is 24.2. The largest absolute Gasteiger partial charge is 0.356 e. The monoisotopic (exact) mass is 374 g/mol. The van der Waals surface area contributed by atoms with Crippen LogP contribution in [0.25, 0.3) is 0 Å². The molecule has 0 aromatic heterocycles. The van der Waals surface area contributed by atoms with Crippen LogP contribution in [-0.4, -0.2) is 30.8 Å². The van der Waals surface area contributed by atoms with Crippen LogP contribution in [0.2, 0.25) is 0 Å². The van der Waals surface area contributed by atoms with E-state index in [9.17, 15) is 9.59 Å². The molecule has 2 heterocycles. The van der Waals surface area contributed by atoms with E-state index < -0.39 is 0 Å². The summed E-state index contributed by atoms with van der Waals surface area (Å²) in [6.45, 7) is 15.0. The molecule has 0 spiro atoms. The molecule has 0 saturated carbocycles. The maximum absolute atomic E-state index is 11.2. The summed E-state index contributed by atoms with van der Waals surface area (Å²) in [7, 11) is 0. The van der Waals surface area contributed by atoms with Crippen LogP contribution in [0.15, 0.2) is 0 Å². The second-order valence-electron chi connectivity index (χ2n) is 9.33. The molecule has 2 aliphatic heterocycles. The lowest BCUT2D eigenvalue weighted by Gasteiger charge is -2.19. The van der Waals surface area contributed by atoms with E-state index >= 15 is 0 Å². The summed E-state index contributed by atoms with van der Waals surface area (Å²) in [5.41, 5.74) is 0.782. The van der Waals surface area contributed by atoms with Gasteiger partial charge < -0.3 is 10.6 Å². The Kier molecular flexibility index (Phi) is 11.4. The number of hydrogen-bond acceptors (Lipinski definition) is 2. The van der Waals surface area contributed by atoms with Gasteiger partial charge in [-0.1, -0.05) is 41.5 Å². The van der Waals surface area contributed by atoms with E-state index in [1.54, 1.807) is 0 Å². The second kappa shape index (κ2) is 11.8. The van der Waals surface area contributed by atoms with Crippen molar-refractivity contribution in [3.63, 3.8) is 0 Å². The van der Waals surface area contributed by atoms with Crippen LogP contribution in [0, 0.1) is 16.7 Å². The van der Waals surface area contributed by atoms with Crippen LogP contribution in [-0.2, 0) is 9.59 Å². The van der Waals surface area contributed by atoms with Gasteiger partial charge in [-0.2, -0.15) is 0 Å². The number of hydrogen-bond donors (Lipinski definition) is 2. The fourth-order valence-electron chi connectivity index (χ4n) is 2.38. The Morgan fingerprint density at radius 1 is 0.960 bits per heavy atom. The Bertz CT molecular complexity index is 389. The Labute approximate surface area is 159 Å². The van der Waals surface area contributed by atoms with Crippen molar-refractivity contribution in [2.75, 3.05) is 19.0 Å². The standard InChI is InChI=1S/C10H19NO.C6H13Cl.C4H7NO/c1-10(2,3)6-4-8-5-7-11-9(8)12;1-6(2,3)4-5-7;6-4-2-1-3-5-4/h8H,4-7H2,1-3H3,(H,11,12);4-5H2,1-3H3;1-3H2,(H,5,6). The van der Waals surface area contributed by atoms with Crippen LogP contribution in [0.4, 0.5) is 0 Å². The topological polar surface area (TPSA) is 58.2 Å². The molecule has 0 bridgehead atoms. The summed E-state index contributed by atoms with van der Waals surface area (Å²) in [6.07, 6.45) is 6.10. The molecule has 2 N–H and O–H groups in total. The van der Waals surface area contributed by atoms with Crippen LogP contribution in [0.5, 0.6) is 0 Å². The van der Waals surface area contributed by atoms with Gasteiger partial charge >= 0.3 is 0 Å². The second-order valence-corrected chi connectivity index (χ2v) is 9.71. The molecule has 5 heteroatoms. The number of halogens is 1. The van der Waals surface area contributed by atoms with E-state index in [1.807, 2.05) is 0 Å². The van der Waals surface area contributed by atoms with Crippen molar-refractivity contribution in [2.24, 2.45) is 16.7 Å². The predicted molar refractivity (Wildman–Crippen MR) is 107 cm³/mol. The molecule has 1 atom stereocenters. The molecule has 2 saturated heterocycles. The van der Waals surface area contributed by atoms with E-state index in [-0.39, 0.29) is 11.8 Å². The van der Waals surface area contributed by atoms with E-state index in [0.717, 1.165) is 57.5 Å². The summed E-state index contributed by atoms with van der Waals surface area (Å²) < 4.78 is 0. The molecule has 4 nitrogen and oxygen atoms in total. The molecule has 2 fully saturated rings. The van der Waals surface area contributed by atoms with Crippen molar-refractivity contribution in [3.8, 4) is 0 Å². The molecule has 2 aliphatic rings. The summed E-state index contributed by atoms with van der Waals surface area (Å²) in [6, 6.07) is 0. The van der Waals surface area contributed by atoms with Gasteiger partial charge in [-0.25, -0.2) is 0 Å². The van der Waals surface area contributed by atoms with Crippen molar-refractivity contribution in [1.29, 1.82) is 0 Å². The molecule has 0 radical (unpaired) electrons. The first-order valence-corrected chi connectivity index (χ1v) is 10.1. The van der Waals surface area contributed by atoms with Gasteiger partial charge in [-0.05, 0) is 42.9 Å². The minimum absolute atomic E-state index is 0.204. The number of nitrogens with one attached hydrogen (secondary N) is 2. The quantitative estimate of drug-likeness (QED) is 0.714.